The lowest BCUT2D eigenvalue weighted by Crippen LogP contribution is -2.40. The second-order valence-electron chi connectivity index (χ2n) is 5.70. The van der Waals surface area contributed by atoms with Crippen LogP contribution < -0.4 is 0 Å². The van der Waals surface area contributed by atoms with Gasteiger partial charge >= 0.3 is 6.09 Å². The molecule has 4 nitrogen and oxygen atoms in total. The van der Waals surface area contributed by atoms with E-state index < -0.39 is 17.8 Å². The molecule has 0 aromatic heterocycles. The normalized spacial score (nSPS) is 12.9. The number of amides is 1. The van der Waals surface area contributed by atoms with Gasteiger partial charge in [-0.3, -0.25) is 0 Å². The van der Waals surface area contributed by atoms with Crippen LogP contribution in [-0.4, -0.2) is 34.3 Å². The Bertz CT molecular complexity index is 396. The van der Waals surface area contributed by atoms with Crippen molar-refractivity contribution < 1.29 is 14.6 Å². The molecule has 1 aromatic rings. The number of aliphatic hydroxyl groups excluding tert-OH is 1. The summed E-state index contributed by atoms with van der Waals surface area (Å²) in [4.78, 5) is 13.6. The van der Waals surface area contributed by atoms with Crippen molar-refractivity contribution in [2.75, 3.05) is 6.54 Å². The fourth-order valence-corrected chi connectivity index (χ4v) is 1.65. The third-order valence-electron chi connectivity index (χ3n) is 2.35. The number of nitrogens with zero attached hydrogens (tertiary/aromatic N) is 1. The van der Waals surface area contributed by atoms with Crippen molar-refractivity contribution in [2.24, 2.45) is 0 Å². The summed E-state index contributed by atoms with van der Waals surface area (Å²) < 4.78 is 5.35. The number of hydrogen-bond acceptors (Lipinski definition) is 3. The predicted octanol–water partition coefficient (Wildman–Crippen LogP) is 2.80. The third-order valence-corrected chi connectivity index (χ3v) is 2.35. The molecule has 0 aliphatic heterocycles. The number of carbonyl (C=O) groups excluding carboxylic acids is 1. The fourth-order valence-electron chi connectivity index (χ4n) is 1.65. The Morgan fingerprint density at radius 1 is 1.32 bits per heavy atom. The maximum absolute atomic E-state index is 12.1. The first-order valence-electron chi connectivity index (χ1n) is 6.48. The van der Waals surface area contributed by atoms with E-state index in [2.05, 4.69) is 0 Å². The molecule has 1 aromatic carbocycles. The number of benzene rings is 1. The Kier molecular flexibility index (Phi) is 5.36. The lowest BCUT2D eigenvalue weighted by atomic mass is 10.2. The molecule has 0 spiro atoms. The average molecular weight is 265 g/mol. The number of rotatable bonds is 4. The molecule has 1 amide bonds. The second-order valence-corrected chi connectivity index (χ2v) is 5.70. The first kappa shape index (κ1) is 15.5. The van der Waals surface area contributed by atoms with E-state index in [1.165, 1.54) is 4.90 Å². The molecular formula is C15H23NO3. The maximum atomic E-state index is 12.1. The molecule has 1 rings (SSSR count). The van der Waals surface area contributed by atoms with Crippen molar-refractivity contribution in [1.82, 2.24) is 4.90 Å². The highest BCUT2D eigenvalue weighted by atomic mass is 16.6. The van der Waals surface area contributed by atoms with Crippen molar-refractivity contribution in [3.63, 3.8) is 0 Å². The molecular weight excluding hydrogens is 242 g/mol. The minimum atomic E-state index is -0.587. The van der Waals surface area contributed by atoms with Gasteiger partial charge in [-0.05, 0) is 33.3 Å². The molecule has 0 saturated carbocycles. The lowest BCUT2D eigenvalue weighted by molar-refractivity contribution is 0.0142. The van der Waals surface area contributed by atoms with E-state index >= 15 is 0 Å². The highest BCUT2D eigenvalue weighted by molar-refractivity contribution is 5.68. The number of ether oxygens (including phenoxy) is 1. The van der Waals surface area contributed by atoms with Crippen LogP contribution in [0.15, 0.2) is 30.3 Å². The quantitative estimate of drug-likeness (QED) is 0.910. The first-order chi connectivity index (χ1) is 8.78. The minimum absolute atomic E-state index is 0.254. The van der Waals surface area contributed by atoms with Gasteiger partial charge in [0.2, 0.25) is 0 Å². The van der Waals surface area contributed by atoms with Gasteiger partial charge in [-0.2, -0.15) is 0 Å². The van der Waals surface area contributed by atoms with E-state index in [1.54, 1.807) is 6.92 Å². The molecule has 4 heteroatoms. The van der Waals surface area contributed by atoms with E-state index in [-0.39, 0.29) is 6.54 Å². The fraction of sp³-hybridized carbons (Fsp3) is 0.533. The lowest BCUT2D eigenvalue weighted by Gasteiger charge is -2.28. The molecule has 0 heterocycles. The zero-order valence-corrected chi connectivity index (χ0v) is 12.1. The standard InChI is InChI=1S/C15H23NO3/c1-12(17)10-16(14(18)19-15(2,3)4)11-13-8-6-5-7-9-13/h5-9,12,17H,10-11H2,1-4H3/t12-/m0/s1. The highest BCUT2D eigenvalue weighted by Crippen LogP contribution is 2.13. The van der Waals surface area contributed by atoms with E-state index in [0.29, 0.717) is 6.54 Å². The molecule has 1 N–H and O–H groups in total. The predicted molar refractivity (Wildman–Crippen MR) is 74.8 cm³/mol. The smallest absolute Gasteiger partial charge is 0.410 e. The summed E-state index contributed by atoms with van der Waals surface area (Å²) in [5, 5.41) is 9.50. The molecule has 1 atom stereocenters. The Hall–Kier alpha value is -1.55. The van der Waals surface area contributed by atoms with E-state index in [0.717, 1.165) is 5.56 Å². The Morgan fingerprint density at radius 3 is 2.37 bits per heavy atom. The summed E-state index contributed by atoms with van der Waals surface area (Å²) in [5.41, 5.74) is 0.471. The summed E-state index contributed by atoms with van der Waals surface area (Å²) in [7, 11) is 0. The Labute approximate surface area is 115 Å². The molecule has 106 valence electrons. The molecule has 19 heavy (non-hydrogen) atoms. The summed E-state index contributed by atoms with van der Waals surface area (Å²) >= 11 is 0. The van der Waals surface area contributed by atoms with Gasteiger partial charge in [-0.1, -0.05) is 30.3 Å². The van der Waals surface area contributed by atoms with Crippen molar-refractivity contribution in [3.8, 4) is 0 Å². The minimum Gasteiger partial charge on any atom is -0.444 e. The van der Waals surface area contributed by atoms with Crippen LogP contribution in [-0.2, 0) is 11.3 Å². The van der Waals surface area contributed by atoms with Crippen LogP contribution >= 0.6 is 0 Å². The highest BCUT2D eigenvalue weighted by Gasteiger charge is 2.23. The van der Waals surface area contributed by atoms with Gasteiger partial charge in [0.15, 0.2) is 0 Å². The second kappa shape index (κ2) is 6.57. The molecule has 0 aliphatic carbocycles. The third kappa shape index (κ3) is 6.25. The molecule has 0 aliphatic rings. The molecule has 0 fully saturated rings. The van der Waals surface area contributed by atoms with Crippen LogP contribution in [0, 0.1) is 0 Å². The van der Waals surface area contributed by atoms with E-state index in [1.807, 2.05) is 51.1 Å². The van der Waals surface area contributed by atoms with Gasteiger partial charge in [0.05, 0.1) is 12.6 Å². The molecule has 0 bridgehead atoms. The van der Waals surface area contributed by atoms with Crippen LogP contribution in [0.25, 0.3) is 0 Å². The van der Waals surface area contributed by atoms with Crippen molar-refractivity contribution in [1.29, 1.82) is 0 Å². The topological polar surface area (TPSA) is 49.8 Å². The Balaban J connectivity index is 2.74. The zero-order chi connectivity index (χ0) is 14.5. The summed E-state index contributed by atoms with van der Waals surface area (Å²) in [6, 6.07) is 9.66. The maximum Gasteiger partial charge on any atom is 0.410 e. The largest absolute Gasteiger partial charge is 0.444 e. The van der Waals surface area contributed by atoms with E-state index in [9.17, 15) is 9.90 Å². The van der Waals surface area contributed by atoms with Gasteiger partial charge in [0.1, 0.15) is 5.60 Å². The van der Waals surface area contributed by atoms with Gasteiger partial charge in [-0.25, -0.2) is 4.79 Å². The van der Waals surface area contributed by atoms with Crippen LogP contribution in [0.2, 0.25) is 0 Å². The van der Waals surface area contributed by atoms with Crippen molar-refractivity contribution >= 4 is 6.09 Å². The van der Waals surface area contributed by atoms with Gasteiger partial charge < -0.3 is 14.7 Å². The number of hydrogen-bond donors (Lipinski definition) is 1. The van der Waals surface area contributed by atoms with Crippen molar-refractivity contribution in [3.05, 3.63) is 35.9 Å². The zero-order valence-electron chi connectivity index (χ0n) is 12.1. The molecule has 0 saturated heterocycles. The summed E-state index contributed by atoms with van der Waals surface area (Å²) in [6.45, 7) is 7.82. The summed E-state index contributed by atoms with van der Waals surface area (Å²) in [6.07, 6.45) is -0.992. The van der Waals surface area contributed by atoms with Crippen LogP contribution in [0.3, 0.4) is 0 Å². The SMILES string of the molecule is C[C@H](O)CN(Cc1ccccc1)C(=O)OC(C)(C)C. The molecule has 0 unspecified atom stereocenters. The van der Waals surface area contributed by atoms with E-state index in [4.69, 9.17) is 4.74 Å². The van der Waals surface area contributed by atoms with Gasteiger partial charge in [0, 0.05) is 6.54 Å². The van der Waals surface area contributed by atoms with Crippen LogP contribution in [0.4, 0.5) is 4.79 Å². The molecule has 0 radical (unpaired) electrons. The Morgan fingerprint density at radius 2 is 1.89 bits per heavy atom. The van der Waals surface area contributed by atoms with Crippen LogP contribution in [0.1, 0.15) is 33.3 Å². The van der Waals surface area contributed by atoms with Crippen molar-refractivity contribution in [2.45, 2.75) is 45.9 Å². The average Bonchev–Trinajstić information content (AvgIpc) is 2.26. The summed E-state index contributed by atoms with van der Waals surface area (Å²) in [5.74, 6) is 0. The van der Waals surface area contributed by atoms with Crippen LogP contribution in [0.5, 0.6) is 0 Å². The number of aliphatic hydroxyl groups is 1. The van der Waals surface area contributed by atoms with Gasteiger partial charge in [0.25, 0.3) is 0 Å². The first-order valence-corrected chi connectivity index (χ1v) is 6.48. The number of carbonyl (C=O) groups is 1. The monoisotopic (exact) mass is 265 g/mol. The van der Waals surface area contributed by atoms with Gasteiger partial charge in [-0.15, -0.1) is 0 Å².